The van der Waals surface area contributed by atoms with Gasteiger partial charge in [0.2, 0.25) is 0 Å². The molecule has 96 valence electrons. The summed E-state index contributed by atoms with van der Waals surface area (Å²) in [5.74, 6) is 0.468. The van der Waals surface area contributed by atoms with Gasteiger partial charge in [0.05, 0.1) is 24.1 Å². The van der Waals surface area contributed by atoms with Crippen LogP contribution in [0.25, 0.3) is 5.69 Å². The second-order valence-electron chi connectivity index (χ2n) is 4.35. The van der Waals surface area contributed by atoms with Gasteiger partial charge in [-0.2, -0.15) is 5.10 Å². The molecule has 6 nitrogen and oxygen atoms in total. The quantitative estimate of drug-likeness (QED) is 0.766. The van der Waals surface area contributed by atoms with Crippen LogP contribution in [-0.4, -0.2) is 24.8 Å². The molecule has 2 heterocycles. The number of nitrogens with two attached hydrogens (primary N) is 1. The number of hydrogen-bond acceptors (Lipinski definition) is 4. The van der Waals surface area contributed by atoms with E-state index in [0.717, 1.165) is 16.9 Å². The molecule has 0 aliphatic carbocycles. The number of nitrogens with zero attached hydrogens (tertiary/aromatic N) is 5. The zero-order chi connectivity index (χ0) is 13.2. The molecule has 0 radical (unpaired) electrons. The summed E-state index contributed by atoms with van der Waals surface area (Å²) >= 11 is 0. The lowest BCUT2D eigenvalue weighted by Gasteiger charge is -2.01. The van der Waals surface area contributed by atoms with Gasteiger partial charge in [-0.15, -0.1) is 5.10 Å². The first-order chi connectivity index (χ1) is 9.24. The fraction of sp³-hybridized carbons (Fsp3) is 0.154. The first kappa shape index (κ1) is 11.5. The molecule has 0 saturated heterocycles. The number of hydrogen-bond donors (Lipinski definition) is 1. The lowest BCUT2D eigenvalue weighted by Crippen LogP contribution is -2.03. The van der Waals surface area contributed by atoms with Crippen molar-refractivity contribution in [2.24, 2.45) is 0 Å². The average molecular weight is 254 g/mol. The van der Waals surface area contributed by atoms with E-state index in [4.69, 9.17) is 5.73 Å². The maximum Gasteiger partial charge on any atom is 0.168 e. The van der Waals surface area contributed by atoms with Crippen molar-refractivity contribution in [1.29, 1.82) is 0 Å². The summed E-state index contributed by atoms with van der Waals surface area (Å²) < 4.78 is 3.60. The van der Waals surface area contributed by atoms with Crippen molar-refractivity contribution < 1.29 is 0 Å². The highest BCUT2D eigenvalue weighted by Crippen LogP contribution is 2.11. The van der Waals surface area contributed by atoms with Crippen LogP contribution in [0.2, 0.25) is 0 Å². The van der Waals surface area contributed by atoms with E-state index in [1.165, 1.54) is 0 Å². The van der Waals surface area contributed by atoms with Gasteiger partial charge in [0.25, 0.3) is 0 Å². The third kappa shape index (κ3) is 2.20. The first-order valence-corrected chi connectivity index (χ1v) is 5.98. The molecule has 0 atom stereocenters. The molecule has 0 bridgehead atoms. The van der Waals surface area contributed by atoms with Crippen LogP contribution in [0.15, 0.2) is 42.7 Å². The van der Waals surface area contributed by atoms with Crippen LogP contribution in [0.5, 0.6) is 0 Å². The van der Waals surface area contributed by atoms with Crippen LogP contribution < -0.4 is 5.73 Å². The Hall–Kier alpha value is -2.63. The predicted molar refractivity (Wildman–Crippen MR) is 71.8 cm³/mol. The van der Waals surface area contributed by atoms with Crippen LogP contribution in [0.4, 0.5) is 5.82 Å². The maximum absolute atomic E-state index is 5.68. The number of anilines is 1. The van der Waals surface area contributed by atoms with Gasteiger partial charge in [0, 0.05) is 11.8 Å². The van der Waals surface area contributed by atoms with E-state index < -0.39 is 0 Å². The van der Waals surface area contributed by atoms with Crippen molar-refractivity contribution in [2.45, 2.75) is 13.5 Å². The van der Waals surface area contributed by atoms with Crippen LogP contribution in [0.3, 0.4) is 0 Å². The van der Waals surface area contributed by atoms with Crippen LogP contribution in [0.1, 0.15) is 11.3 Å². The lowest BCUT2D eigenvalue weighted by molar-refractivity contribution is 0.633. The zero-order valence-electron chi connectivity index (χ0n) is 10.6. The highest BCUT2D eigenvalue weighted by Gasteiger charge is 2.07. The van der Waals surface area contributed by atoms with Crippen LogP contribution in [-0.2, 0) is 6.54 Å². The summed E-state index contributed by atoms with van der Waals surface area (Å²) in [5, 5.41) is 12.2. The number of para-hydroxylation sites is 1. The Bertz CT molecular complexity index is 682. The van der Waals surface area contributed by atoms with Crippen LogP contribution in [0, 0.1) is 6.92 Å². The number of nitrogen functional groups attached to an aromatic ring is 1. The van der Waals surface area contributed by atoms with Gasteiger partial charge in [-0.25, -0.2) is 9.36 Å². The molecule has 1 aromatic carbocycles. The summed E-state index contributed by atoms with van der Waals surface area (Å²) in [6.45, 7) is 2.51. The standard InChI is InChI=1S/C13H14N6/c1-10-13(14)16-17-18(10)8-11-7-15-19(9-11)12-5-3-2-4-6-12/h2-7,9H,8,14H2,1H3. The van der Waals surface area contributed by atoms with E-state index in [1.54, 1.807) is 4.68 Å². The normalized spacial score (nSPS) is 10.8. The SMILES string of the molecule is Cc1c(N)nnn1Cc1cnn(-c2ccccc2)c1. The topological polar surface area (TPSA) is 74.6 Å². The summed E-state index contributed by atoms with van der Waals surface area (Å²) in [5.41, 5.74) is 8.63. The monoisotopic (exact) mass is 254 g/mol. The maximum atomic E-state index is 5.68. The van der Waals surface area contributed by atoms with Gasteiger partial charge >= 0.3 is 0 Å². The molecule has 3 rings (SSSR count). The fourth-order valence-corrected chi connectivity index (χ4v) is 1.86. The zero-order valence-corrected chi connectivity index (χ0v) is 10.6. The Morgan fingerprint density at radius 3 is 2.68 bits per heavy atom. The van der Waals surface area contributed by atoms with E-state index in [1.807, 2.05) is 54.3 Å². The van der Waals surface area contributed by atoms with E-state index >= 15 is 0 Å². The molecule has 19 heavy (non-hydrogen) atoms. The van der Waals surface area contributed by atoms with E-state index in [0.29, 0.717) is 12.4 Å². The Kier molecular flexibility index (Phi) is 2.75. The van der Waals surface area contributed by atoms with Crippen molar-refractivity contribution >= 4 is 5.82 Å². The van der Waals surface area contributed by atoms with Gasteiger partial charge in [-0.05, 0) is 19.1 Å². The molecular formula is C13H14N6. The molecule has 2 N–H and O–H groups in total. The molecular weight excluding hydrogens is 240 g/mol. The summed E-state index contributed by atoms with van der Waals surface area (Å²) in [7, 11) is 0. The molecule has 0 aliphatic heterocycles. The van der Waals surface area contributed by atoms with Crippen molar-refractivity contribution in [1.82, 2.24) is 24.8 Å². The molecule has 0 fully saturated rings. The Labute approximate surface area is 110 Å². The van der Waals surface area contributed by atoms with Gasteiger partial charge in [0.1, 0.15) is 0 Å². The highest BCUT2D eigenvalue weighted by molar-refractivity contribution is 5.33. The van der Waals surface area contributed by atoms with Gasteiger partial charge in [-0.1, -0.05) is 23.4 Å². The molecule has 0 saturated carbocycles. The third-order valence-electron chi connectivity index (χ3n) is 3.01. The van der Waals surface area contributed by atoms with Crippen molar-refractivity contribution in [3.63, 3.8) is 0 Å². The third-order valence-corrected chi connectivity index (χ3v) is 3.01. The number of rotatable bonds is 3. The van der Waals surface area contributed by atoms with Gasteiger partial charge < -0.3 is 5.73 Å². The number of aromatic nitrogens is 5. The van der Waals surface area contributed by atoms with E-state index in [-0.39, 0.29) is 0 Å². The Morgan fingerprint density at radius 2 is 2.00 bits per heavy atom. The second-order valence-corrected chi connectivity index (χ2v) is 4.35. The number of benzene rings is 1. The first-order valence-electron chi connectivity index (χ1n) is 5.98. The van der Waals surface area contributed by atoms with Crippen molar-refractivity contribution in [3.05, 3.63) is 54.0 Å². The second kappa shape index (κ2) is 4.56. The minimum Gasteiger partial charge on any atom is -0.381 e. The van der Waals surface area contributed by atoms with Crippen molar-refractivity contribution in [3.8, 4) is 5.69 Å². The summed E-state index contributed by atoms with van der Waals surface area (Å²) in [6.07, 6.45) is 3.80. The lowest BCUT2D eigenvalue weighted by atomic mass is 10.3. The smallest absolute Gasteiger partial charge is 0.168 e. The minimum absolute atomic E-state index is 0.468. The molecule has 2 aromatic heterocycles. The highest BCUT2D eigenvalue weighted by atomic mass is 15.4. The average Bonchev–Trinajstić information content (AvgIpc) is 3.02. The Morgan fingerprint density at radius 1 is 1.21 bits per heavy atom. The van der Waals surface area contributed by atoms with Gasteiger partial charge in [-0.3, -0.25) is 0 Å². The van der Waals surface area contributed by atoms with E-state index in [9.17, 15) is 0 Å². The molecule has 3 aromatic rings. The van der Waals surface area contributed by atoms with Gasteiger partial charge in [0.15, 0.2) is 5.82 Å². The molecule has 6 heteroatoms. The molecule has 0 aliphatic rings. The summed E-state index contributed by atoms with van der Waals surface area (Å²) in [4.78, 5) is 0. The summed E-state index contributed by atoms with van der Waals surface area (Å²) in [6, 6.07) is 9.97. The fourth-order valence-electron chi connectivity index (χ4n) is 1.86. The van der Waals surface area contributed by atoms with Crippen LogP contribution >= 0.6 is 0 Å². The molecule has 0 unspecified atom stereocenters. The molecule has 0 spiro atoms. The van der Waals surface area contributed by atoms with E-state index in [2.05, 4.69) is 15.4 Å². The van der Waals surface area contributed by atoms with Crippen molar-refractivity contribution in [2.75, 3.05) is 5.73 Å². The largest absolute Gasteiger partial charge is 0.381 e. The minimum atomic E-state index is 0.468. The predicted octanol–water partition coefficient (Wildman–Crippen LogP) is 1.40. The Balaban J connectivity index is 1.84. The molecule has 0 amide bonds.